The van der Waals surface area contributed by atoms with Gasteiger partial charge in [-0.05, 0) is 25.1 Å². The van der Waals surface area contributed by atoms with Crippen molar-refractivity contribution in [1.82, 2.24) is 14.5 Å². The number of sulfonamides is 1. The van der Waals surface area contributed by atoms with Crippen LogP contribution < -0.4 is 5.32 Å². The maximum absolute atomic E-state index is 13.4. The molecule has 0 bridgehead atoms. The van der Waals surface area contributed by atoms with Crippen LogP contribution in [0.5, 0.6) is 0 Å². The van der Waals surface area contributed by atoms with Crippen molar-refractivity contribution >= 4 is 27.8 Å². The third-order valence-corrected chi connectivity index (χ3v) is 5.62. The lowest BCUT2D eigenvalue weighted by Crippen LogP contribution is -2.62. The van der Waals surface area contributed by atoms with E-state index in [1.165, 1.54) is 30.0 Å². The van der Waals surface area contributed by atoms with Crippen LogP contribution in [0.15, 0.2) is 24.3 Å². The van der Waals surface area contributed by atoms with Gasteiger partial charge in [0.1, 0.15) is 17.9 Å². The molecule has 2 amide bonds. The number of carbonyl (C=O) groups excluding carboxylic acids is 3. The minimum atomic E-state index is -3.74. The van der Waals surface area contributed by atoms with Crippen molar-refractivity contribution in [2.24, 2.45) is 0 Å². The lowest BCUT2D eigenvalue weighted by Gasteiger charge is -2.39. The van der Waals surface area contributed by atoms with Crippen molar-refractivity contribution in [2.45, 2.75) is 19.0 Å². The molecule has 0 unspecified atom stereocenters. The first-order valence-electron chi connectivity index (χ1n) is 8.44. The Hall–Kier alpha value is -2.53. The summed E-state index contributed by atoms with van der Waals surface area (Å²) in [5, 5.41) is 2.39. The number of rotatable bonds is 5. The maximum atomic E-state index is 13.4. The van der Waals surface area contributed by atoms with Crippen LogP contribution >= 0.6 is 0 Å². The van der Waals surface area contributed by atoms with Crippen LogP contribution in [0.1, 0.15) is 17.3 Å². The minimum absolute atomic E-state index is 0.0404. The van der Waals surface area contributed by atoms with Crippen molar-refractivity contribution in [2.75, 3.05) is 33.0 Å². The zero-order valence-electron chi connectivity index (χ0n) is 15.7. The van der Waals surface area contributed by atoms with Crippen molar-refractivity contribution in [3.05, 3.63) is 35.6 Å². The molecule has 154 valence electrons. The number of hydrogen-bond donors (Lipinski definition) is 1. The summed E-state index contributed by atoms with van der Waals surface area (Å²) >= 11 is 0. The molecule has 0 spiro atoms. The fraction of sp³-hybridized carbons (Fsp3) is 0.471. The normalized spacial score (nSPS) is 19.0. The fourth-order valence-corrected chi connectivity index (χ4v) is 3.95. The molecule has 2 rings (SSSR count). The number of halogens is 1. The smallest absolute Gasteiger partial charge is 0.328 e. The third kappa shape index (κ3) is 5.04. The lowest BCUT2D eigenvalue weighted by atomic mass is 10.1. The van der Waals surface area contributed by atoms with E-state index >= 15 is 0 Å². The van der Waals surface area contributed by atoms with Gasteiger partial charge in [0.25, 0.3) is 5.91 Å². The first-order valence-corrected chi connectivity index (χ1v) is 10.3. The van der Waals surface area contributed by atoms with E-state index in [0.29, 0.717) is 0 Å². The SMILES string of the molecule is COC(=O)[C@@H](C)NC(=O)[C@H]1CN(C(=O)c2cccc(F)c2)CCN1S(C)(=O)=O. The molecule has 11 heteroatoms. The Labute approximate surface area is 162 Å². The summed E-state index contributed by atoms with van der Waals surface area (Å²) in [4.78, 5) is 38.1. The molecule has 1 heterocycles. The largest absolute Gasteiger partial charge is 0.467 e. The van der Waals surface area contributed by atoms with Gasteiger partial charge in [-0.15, -0.1) is 0 Å². The molecule has 2 atom stereocenters. The van der Waals surface area contributed by atoms with Crippen LogP contribution in [0.2, 0.25) is 0 Å². The van der Waals surface area contributed by atoms with Crippen LogP contribution in [0.25, 0.3) is 0 Å². The number of amides is 2. The number of piperazine rings is 1. The van der Waals surface area contributed by atoms with Gasteiger partial charge in [-0.3, -0.25) is 9.59 Å². The molecule has 9 nitrogen and oxygen atoms in total. The van der Waals surface area contributed by atoms with E-state index in [0.717, 1.165) is 23.7 Å². The van der Waals surface area contributed by atoms with Gasteiger partial charge in [0.05, 0.1) is 13.4 Å². The van der Waals surface area contributed by atoms with E-state index in [1.54, 1.807) is 0 Å². The van der Waals surface area contributed by atoms with E-state index in [4.69, 9.17) is 0 Å². The number of ether oxygens (including phenoxy) is 1. The van der Waals surface area contributed by atoms with Gasteiger partial charge < -0.3 is 15.0 Å². The van der Waals surface area contributed by atoms with Gasteiger partial charge in [0.2, 0.25) is 15.9 Å². The number of esters is 1. The Morgan fingerprint density at radius 2 is 1.96 bits per heavy atom. The van der Waals surface area contributed by atoms with Crippen molar-refractivity contribution in [3.8, 4) is 0 Å². The molecule has 1 N–H and O–H groups in total. The summed E-state index contributed by atoms with van der Waals surface area (Å²) in [6, 6.07) is 2.87. The predicted molar refractivity (Wildman–Crippen MR) is 97.3 cm³/mol. The molecule has 0 saturated carbocycles. The highest BCUT2D eigenvalue weighted by molar-refractivity contribution is 7.88. The molecule has 1 fully saturated rings. The molecular formula is C17H22FN3O6S. The number of hydrogen-bond acceptors (Lipinski definition) is 6. The van der Waals surface area contributed by atoms with Crippen molar-refractivity contribution in [1.29, 1.82) is 0 Å². The summed E-state index contributed by atoms with van der Waals surface area (Å²) in [6.07, 6.45) is 0.959. The Morgan fingerprint density at radius 1 is 1.29 bits per heavy atom. The summed E-state index contributed by atoms with van der Waals surface area (Å²) in [5.41, 5.74) is 0.0925. The van der Waals surface area contributed by atoms with Gasteiger partial charge in [0, 0.05) is 25.2 Å². The van der Waals surface area contributed by atoms with E-state index < -0.39 is 45.7 Å². The standard InChI is InChI=1S/C17H22FN3O6S/c1-11(17(24)27-2)19-15(22)14-10-20(7-8-21(14)28(3,25)26)16(23)12-5-4-6-13(18)9-12/h4-6,9,11,14H,7-8,10H2,1-3H3,(H,19,22)/t11-,14-/m1/s1. The summed E-state index contributed by atoms with van der Waals surface area (Å²) in [6.45, 7) is 1.10. The Balaban J connectivity index is 2.23. The molecule has 0 aliphatic carbocycles. The number of methoxy groups -OCH3 is 1. The number of nitrogens with zero attached hydrogens (tertiary/aromatic N) is 2. The molecule has 0 aromatic heterocycles. The highest BCUT2D eigenvalue weighted by Gasteiger charge is 2.39. The maximum Gasteiger partial charge on any atom is 0.328 e. The van der Waals surface area contributed by atoms with Gasteiger partial charge in [0.15, 0.2) is 0 Å². The van der Waals surface area contributed by atoms with Crippen LogP contribution in [0.4, 0.5) is 4.39 Å². The van der Waals surface area contributed by atoms with E-state index in [2.05, 4.69) is 10.1 Å². The third-order valence-electron chi connectivity index (χ3n) is 4.33. The van der Waals surface area contributed by atoms with Gasteiger partial charge in [-0.1, -0.05) is 6.07 Å². The molecular weight excluding hydrogens is 393 g/mol. The van der Waals surface area contributed by atoms with Crippen LogP contribution in [0, 0.1) is 5.82 Å². The second-order valence-electron chi connectivity index (χ2n) is 6.40. The van der Waals surface area contributed by atoms with Gasteiger partial charge in [-0.25, -0.2) is 17.6 Å². The molecule has 1 aliphatic heterocycles. The Morgan fingerprint density at radius 3 is 2.54 bits per heavy atom. The predicted octanol–water partition coefficient (Wildman–Crippen LogP) is -0.411. The molecule has 0 radical (unpaired) electrons. The quantitative estimate of drug-likeness (QED) is 0.654. The minimum Gasteiger partial charge on any atom is -0.467 e. The van der Waals surface area contributed by atoms with Gasteiger partial charge >= 0.3 is 5.97 Å². The van der Waals surface area contributed by atoms with Crippen LogP contribution in [0.3, 0.4) is 0 Å². The highest BCUT2D eigenvalue weighted by atomic mass is 32.2. The van der Waals surface area contributed by atoms with Crippen LogP contribution in [-0.2, 0) is 24.3 Å². The highest BCUT2D eigenvalue weighted by Crippen LogP contribution is 2.17. The second kappa shape index (κ2) is 8.65. The van der Waals surface area contributed by atoms with E-state index in [9.17, 15) is 27.2 Å². The number of nitrogens with one attached hydrogen (secondary N) is 1. The van der Waals surface area contributed by atoms with Crippen LogP contribution in [-0.4, -0.2) is 80.5 Å². The first kappa shape index (κ1) is 21.8. The zero-order chi connectivity index (χ0) is 21.1. The number of benzene rings is 1. The topological polar surface area (TPSA) is 113 Å². The molecule has 1 saturated heterocycles. The van der Waals surface area contributed by atoms with E-state index in [-0.39, 0.29) is 25.2 Å². The molecule has 28 heavy (non-hydrogen) atoms. The Kier molecular flexibility index (Phi) is 6.73. The summed E-state index contributed by atoms with van der Waals surface area (Å²) in [7, 11) is -2.58. The molecule has 1 aromatic rings. The van der Waals surface area contributed by atoms with Gasteiger partial charge in [-0.2, -0.15) is 4.31 Å². The second-order valence-corrected chi connectivity index (χ2v) is 8.34. The van der Waals surface area contributed by atoms with Crippen molar-refractivity contribution in [3.63, 3.8) is 0 Å². The fourth-order valence-electron chi connectivity index (χ4n) is 2.91. The summed E-state index contributed by atoms with van der Waals surface area (Å²) < 4.78 is 43.1. The molecule has 1 aliphatic rings. The van der Waals surface area contributed by atoms with Crippen molar-refractivity contribution < 1.29 is 31.9 Å². The monoisotopic (exact) mass is 415 g/mol. The first-order chi connectivity index (χ1) is 13.0. The molecule has 1 aromatic carbocycles. The summed E-state index contributed by atoms with van der Waals surface area (Å²) in [5.74, 6) is -2.53. The number of carbonyl (C=O) groups is 3. The zero-order valence-corrected chi connectivity index (χ0v) is 16.5. The average Bonchev–Trinajstić information content (AvgIpc) is 2.65. The van der Waals surface area contributed by atoms with E-state index in [1.807, 2.05) is 0 Å². The lowest BCUT2D eigenvalue weighted by molar-refractivity contribution is -0.145. The Bertz CT molecular complexity index is 875. The average molecular weight is 415 g/mol.